The van der Waals surface area contributed by atoms with Crippen molar-refractivity contribution in [2.24, 2.45) is 10.9 Å². The summed E-state index contributed by atoms with van der Waals surface area (Å²) >= 11 is 1.81. The van der Waals surface area contributed by atoms with Gasteiger partial charge in [0.05, 0.1) is 0 Å². The van der Waals surface area contributed by atoms with Crippen LogP contribution in [-0.2, 0) is 0 Å². The number of thioether (sulfide) groups is 1. The lowest BCUT2D eigenvalue weighted by Gasteiger charge is -2.18. The second-order valence-electron chi connectivity index (χ2n) is 4.75. The topological polar surface area (TPSA) is 24.4 Å². The minimum Gasteiger partial charge on any atom is -0.335 e. The minimum atomic E-state index is 0.692. The highest BCUT2D eigenvalue weighted by molar-refractivity contribution is 8.14. The first-order chi connectivity index (χ1) is 8.81. The number of amidine groups is 1. The van der Waals surface area contributed by atoms with E-state index in [9.17, 15) is 0 Å². The molecule has 18 heavy (non-hydrogen) atoms. The molecular weight excluding hydrogens is 240 g/mol. The number of nitrogens with one attached hydrogen (secondary N) is 1. The summed E-state index contributed by atoms with van der Waals surface area (Å²) in [5.74, 6) is 1.84. The van der Waals surface area contributed by atoms with Crippen LogP contribution < -0.4 is 5.32 Å². The van der Waals surface area contributed by atoms with Crippen LogP contribution in [-0.4, -0.2) is 17.5 Å². The molecule has 0 amide bonds. The molecule has 0 saturated heterocycles. The largest absolute Gasteiger partial charge is 0.335 e. The second-order valence-corrected chi connectivity index (χ2v) is 5.76. The van der Waals surface area contributed by atoms with Gasteiger partial charge in [-0.25, -0.2) is 0 Å². The van der Waals surface area contributed by atoms with Gasteiger partial charge in [0.15, 0.2) is 5.17 Å². The summed E-state index contributed by atoms with van der Waals surface area (Å²) in [6.07, 6.45) is 0. The molecule has 1 atom stereocenters. The molecule has 3 heteroatoms. The van der Waals surface area contributed by atoms with E-state index < -0.39 is 0 Å². The molecule has 2 nitrogen and oxygen atoms in total. The summed E-state index contributed by atoms with van der Waals surface area (Å²) in [7, 11) is 0. The summed E-state index contributed by atoms with van der Waals surface area (Å²) in [6, 6.07) is 14.8. The Morgan fingerprint density at radius 3 is 2.78 bits per heavy atom. The Morgan fingerprint density at radius 1 is 1.17 bits per heavy atom. The van der Waals surface area contributed by atoms with E-state index in [2.05, 4.69) is 59.7 Å². The third-order valence-corrected chi connectivity index (χ3v) is 4.29. The monoisotopic (exact) mass is 256 g/mol. The first-order valence-corrected chi connectivity index (χ1v) is 7.23. The maximum atomic E-state index is 4.55. The Kier molecular flexibility index (Phi) is 3.24. The molecule has 2 aromatic carbocycles. The highest BCUT2D eigenvalue weighted by Gasteiger charge is 2.11. The van der Waals surface area contributed by atoms with Gasteiger partial charge in [0.1, 0.15) is 0 Å². The second kappa shape index (κ2) is 5.02. The normalized spacial score (nSPS) is 19.6. The average molecular weight is 256 g/mol. The van der Waals surface area contributed by atoms with Crippen molar-refractivity contribution in [1.29, 1.82) is 0 Å². The summed E-state index contributed by atoms with van der Waals surface area (Å²) in [6.45, 7) is 3.17. The minimum absolute atomic E-state index is 0.692. The zero-order chi connectivity index (χ0) is 12.4. The average Bonchev–Trinajstić information content (AvgIpc) is 2.41. The fourth-order valence-corrected chi connectivity index (χ4v) is 2.93. The van der Waals surface area contributed by atoms with E-state index >= 15 is 0 Å². The molecule has 2 aromatic rings. The van der Waals surface area contributed by atoms with E-state index in [0.29, 0.717) is 5.92 Å². The van der Waals surface area contributed by atoms with Crippen molar-refractivity contribution in [3.8, 4) is 0 Å². The predicted molar refractivity (Wildman–Crippen MR) is 81.5 cm³/mol. The zero-order valence-corrected chi connectivity index (χ0v) is 11.2. The molecule has 1 aliphatic rings. The van der Waals surface area contributed by atoms with Crippen molar-refractivity contribution >= 4 is 33.4 Å². The van der Waals surface area contributed by atoms with E-state index in [1.54, 1.807) is 0 Å². The van der Waals surface area contributed by atoms with Gasteiger partial charge >= 0.3 is 0 Å². The van der Waals surface area contributed by atoms with Crippen LogP contribution in [0.15, 0.2) is 47.5 Å². The summed E-state index contributed by atoms with van der Waals surface area (Å²) in [4.78, 5) is 4.55. The number of hydrogen-bond acceptors (Lipinski definition) is 3. The Bertz CT molecular complexity index is 592. The summed E-state index contributed by atoms with van der Waals surface area (Å²) in [5.41, 5.74) is 1.12. The molecule has 1 heterocycles. The molecule has 0 aliphatic carbocycles. The van der Waals surface area contributed by atoms with Crippen molar-refractivity contribution in [2.75, 3.05) is 17.6 Å². The molecule has 0 bridgehead atoms. The van der Waals surface area contributed by atoms with Gasteiger partial charge < -0.3 is 5.32 Å². The highest BCUT2D eigenvalue weighted by atomic mass is 32.2. The van der Waals surface area contributed by atoms with E-state index in [1.807, 2.05) is 11.8 Å². The number of rotatable bonds is 1. The third-order valence-electron chi connectivity index (χ3n) is 3.05. The quantitative estimate of drug-likeness (QED) is 0.834. The number of fused-ring (bicyclic) bond motifs is 1. The van der Waals surface area contributed by atoms with Crippen molar-refractivity contribution in [3.63, 3.8) is 0 Å². The lowest BCUT2D eigenvalue weighted by molar-refractivity contribution is 0.674. The smallest absolute Gasteiger partial charge is 0.161 e. The molecule has 1 N–H and O–H groups in total. The van der Waals surface area contributed by atoms with Gasteiger partial charge in [-0.15, -0.1) is 0 Å². The molecular formula is C15H16N2S. The van der Waals surface area contributed by atoms with Gasteiger partial charge in [-0.2, -0.15) is 0 Å². The van der Waals surface area contributed by atoms with Crippen LogP contribution in [0.2, 0.25) is 0 Å². The van der Waals surface area contributed by atoms with E-state index in [1.165, 1.54) is 10.8 Å². The van der Waals surface area contributed by atoms with E-state index in [-0.39, 0.29) is 0 Å². The maximum absolute atomic E-state index is 4.55. The van der Waals surface area contributed by atoms with Gasteiger partial charge in [0.25, 0.3) is 0 Å². The first-order valence-electron chi connectivity index (χ1n) is 6.24. The van der Waals surface area contributed by atoms with Crippen LogP contribution in [0.1, 0.15) is 6.92 Å². The molecule has 1 unspecified atom stereocenters. The Hall–Kier alpha value is -1.48. The van der Waals surface area contributed by atoms with Crippen LogP contribution in [0.25, 0.3) is 10.8 Å². The molecule has 0 saturated carbocycles. The van der Waals surface area contributed by atoms with Crippen LogP contribution in [0.4, 0.5) is 5.69 Å². The van der Waals surface area contributed by atoms with Crippen molar-refractivity contribution in [2.45, 2.75) is 6.92 Å². The SMILES string of the molecule is CC1CN=C(Nc2ccc3ccccc3c2)SC1. The Balaban J connectivity index is 1.82. The lowest BCUT2D eigenvalue weighted by Crippen LogP contribution is -2.18. The number of nitrogens with zero attached hydrogens (tertiary/aromatic N) is 1. The molecule has 3 rings (SSSR count). The Labute approximate surface area is 112 Å². The molecule has 0 radical (unpaired) electrons. The maximum Gasteiger partial charge on any atom is 0.161 e. The van der Waals surface area contributed by atoms with Gasteiger partial charge in [0.2, 0.25) is 0 Å². The van der Waals surface area contributed by atoms with Crippen LogP contribution in [0, 0.1) is 5.92 Å². The molecule has 92 valence electrons. The lowest BCUT2D eigenvalue weighted by atomic mass is 10.1. The van der Waals surface area contributed by atoms with Crippen molar-refractivity contribution in [3.05, 3.63) is 42.5 Å². The number of benzene rings is 2. The van der Waals surface area contributed by atoms with Gasteiger partial charge in [-0.3, -0.25) is 4.99 Å². The number of anilines is 1. The van der Waals surface area contributed by atoms with Gasteiger partial charge in [0, 0.05) is 18.0 Å². The van der Waals surface area contributed by atoms with Crippen LogP contribution in [0.5, 0.6) is 0 Å². The molecule has 0 aromatic heterocycles. The molecule has 0 fully saturated rings. The summed E-state index contributed by atoms with van der Waals surface area (Å²) in [5, 5.41) is 6.99. The molecule has 0 spiro atoms. The van der Waals surface area contributed by atoms with Crippen LogP contribution in [0.3, 0.4) is 0 Å². The third kappa shape index (κ3) is 2.51. The standard InChI is InChI=1S/C15H16N2S/c1-11-9-16-15(18-10-11)17-14-7-6-12-4-2-3-5-13(12)8-14/h2-8,11H,9-10H2,1H3,(H,16,17). The van der Waals surface area contributed by atoms with E-state index in [4.69, 9.17) is 0 Å². The Morgan fingerprint density at radius 2 is 2.00 bits per heavy atom. The highest BCUT2D eigenvalue weighted by Crippen LogP contribution is 2.22. The van der Waals surface area contributed by atoms with Crippen LogP contribution >= 0.6 is 11.8 Å². The first kappa shape index (κ1) is 11.6. The number of aliphatic imine (C=N–C) groups is 1. The fourth-order valence-electron chi connectivity index (χ4n) is 2.02. The molecule has 1 aliphatic heterocycles. The van der Waals surface area contributed by atoms with Crippen molar-refractivity contribution < 1.29 is 0 Å². The van der Waals surface area contributed by atoms with Gasteiger partial charge in [-0.05, 0) is 28.8 Å². The van der Waals surface area contributed by atoms with Gasteiger partial charge in [-0.1, -0.05) is 49.0 Å². The summed E-state index contributed by atoms with van der Waals surface area (Å²) < 4.78 is 0. The number of hydrogen-bond donors (Lipinski definition) is 1. The van der Waals surface area contributed by atoms with Crippen molar-refractivity contribution in [1.82, 2.24) is 0 Å². The predicted octanol–water partition coefficient (Wildman–Crippen LogP) is 3.99. The van der Waals surface area contributed by atoms with E-state index in [0.717, 1.165) is 23.2 Å². The zero-order valence-electron chi connectivity index (χ0n) is 10.4. The fraction of sp³-hybridized carbons (Fsp3) is 0.267.